The highest BCUT2D eigenvalue weighted by Crippen LogP contribution is 2.23. The van der Waals surface area contributed by atoms with E-state index in [9.17, 15) is 4.79 Å². The van der Waals surface area contributed by atoms with Gasteiger partial charge in [0.05, 0.1) is 25.1 Å². The molecule has 1 aromatic rings. The summed E-state index contributed by atoms with van der Waals surface area (Å²) in [7, 11) is 1.56. The third kappa shape index (κ3) is 3.48. The van der Waals surface area contributed by atoms with Gasteiger partial charge in [0.15, 0.2) is 0 Å². The zero-order chi connectivity index (χ0) is 12.8. The molecule has 0 fully saturated rings. The van der Waals surface area contributed by atoms with Crippen molar-refractivity contribution in [1.82, 2.24) is 4.98 Å². The van der Waals surface area contributed by atoms with Crippen molar-refractivity contribution in [2.75, 3.05) is 13.7 Å². The molecule has 0 bridgehead atoms. The Kier molecular flexibility index (Phi) is 4.51. The number of pyridine rings is 1. The summed E-state index contributed by atoms with van der Waals surface area (Å²) in [6, 6.07) is 1.73. The Morgan fingerprint density at radius 3 is 2.82 bits per heavy atom. The Labute approximate surface area is 100 Å². The molecule has 0 saturated carbocycles. The second-order valence-electron chi connectivity index (χ2n) is 3.46. The Morgan fingerprint density at radius 1 is 1.59 bits per heavy atom. The average Bonchev–Trinajstić information content (AvgIpc) is 2.28. The van der Waals surface area contributed by atoms with Gasteiger partial charge in [-0.2, -0.15) is 0 Å². The van der Waals surface area contributed by atoms with Crippen LogP contribution >= 0.6 is 0 Å². The summed E-state index contributed by atoms with van der Waals surface area (Å²) in [5, 5.41) is 0. The van der Waals surface area contributed by atoms with Gasteiger partial charge >= 0.3 is 5.97 Å². The minimum atomic E-state index is -0.319. The topological polar surface area (TPSA) is 74.4 Å². The number of esters is 1. The molecule has 0 aliphatic rings. The van der Waals surface area contributed by atoms with Crippen LogP contribution in [0.4, 0.5) is 0 Å². The summed E-state index contributed by atoms with van der Waals surface area (Å²) in [5.41, 5.74) is 7.39. The van der Waals surface area contributed by atoms with Crippen molar-refractivity contribution in [1.29, 1.82) is 0 Å². The molecular formula is C12H16N2O3. The van der Waals surface area contributed by atoms with Gasteiger partial charge in [0, 0.05) is 25.1 Å². The predicted molar refractivity (Wildman–Crippen MR) is 64.3 cm³/mol. The second kappa shape index (κ2) is 5.89. The van der Waals surface area contributed by atoms with Crippen LogP contribution in [0, 0.1) is 0 Å². The summed E-state index contributed by atoms with van der Waals surface area (Å²) in [6.45, 7) is 5.28. The Hall–Kier alpha value is -2.04. The summed E-state index contributed by atoms with van der Waals surface area (Å²) in [5.74, 6) is 0.342. The van der Waals surface area contributed by atoms with E-state index in [-0.39, 0.29) is 12.6 Å². The van der Waals surface area contributed by atoms with E-state index in [1.807, 2.05) is 0 Å². The van der Waals surface area contributed by atoms with Gasteiger partial charge in [-0.3, -0.25) is 9.78 Å². The van der Waals surface area contributed by atoms with Crippen LogP contribution < -0.4 is 10.5 Å². The zero-order valence-electron chi connectivity index (χ0n) is 10.0. The van der Waals surface area contributed by atoms with E-state index in [1.165, 1.54) is 6.92 Å². The molecule has 92 valence electrons. The smallest absolute Gasteiger partial charge is 0.302 e. The molecule has 0 unspecified atom stereocenters. The van der Waals surface area contributed by atoms with E-state index in [2.05, 4.69) is 11.6 Å². The molecule has 2 N–H and O–H groups in total. The van der Waals surface area contributed by atoms with Gasteiger partial charge < -0.3 is 15.2 Å². The highest BCUT2D eigenvalue weighted by molar-refractivity contribution is 5.66. The molecule has 17 heavy (non-hydrogen) atoms. The van der Waals surface area contributed by atoms with Crippen molar-refractivity contribution in [2.45, 2.75) is 13.3 Å². The van der Waals surface area contributed by atoms with Gasteiger partial charge in [-0.1, -0.05) is 6.58 Å². The Bertz CT molecular complexity index is 430. The molecule has 0 amide bonds. The van der Waals surface area contributed by atoms with Crippen molar-refractivity contribution in [3.8, 4) is 5.75 Å². The van der Waals surface area contributed by atoms with Crippen molar-refractivity contribution in [3.05, 3.63) is 30.1 Å². The van der Waals surface area contributed by atoms with Gasteiger partial charge in [-0.25, -0.2) is 0 Å². The molecule has 5 heteroatoms. The van der Waals surface area contributed by atoms with Crippen LogP contribution in [0.2, 0.25) is 0 Å². The number of hydrogen-bond donors (Lipinski definition) is 1. The largest absolute Gasteiger partial charge is 0.496 e. The maximum atomic E-state index is 10.7. The minimum Gasteiger partial charge on any atom is -0.496 e. The van der Waals surface area contributed by atoms with E-state index < -0.39 is 0 Å². The summed E-state index contributed by atoms with van der Waals surface area (Å²) in [6.07, 6.45) is 2.09. The molecule has 0 aromatic carbocycles. The molecule has 0 saturated heterocycles. The Balaban J connectivity index is 2.93. The predicted octanol–water partition coefficient (Wildman–Crippen LogP) is 1.13. The fourth-order valence-corrected chi connectivity index (χ4v) is 1.48. The summed E-state index contributed by atoms with van der Waals surface area (Å²) >= 11 is 0. The number of ether oxygens (including phenoxy) is 2. The summed E-state index contributed by atoms with van der Waals surface area (Å²) in [4.78, 5) is 14.8. The van der Waals surface area contributed by atoms with Crippen molar-refractivity contribution >= 4 is 11.7 Å². The molecule has 0 aliphatic carbocycles. The molecule has 0 aliphatic heterocycles. The number of nitrogens with zero attached hydrogens (tertiary/aromatic N) is 1. The van der Waals surface area contributed by atoms with Gasteiger partial charge in [0.25, 0.3) is 0 Å². The highest BCUT2D eigenvalue weighted by Gasteiger charge is 2.11. The summed E-state index contributed by atoms with van der Waals surface area (Å²) < 4.78 is 10.1. The number of hydrogen-bond acceptors (Lipinski definition) is 5. The number of carbonyl (C=O) groups is 1. The third-order valence-corrected chi connectivity index (χ3v) is 2.19. The lowest BCUT2D eigenvalue weighted by Crippen LogP contribution is -2.09. The monoisotopic (exact) mass is 236 g/mol. The van der Waals surface area contributed by atoms with E-state index in [0.717, 1.165) is 5.56 Å². The maximum absolute atomic E-state index is 10.7. The first-order chi connectivity index (χ1) is 8.06. The van der Waals surface area contributed by atoms with Crippen LogP contribution in [-0.2, 0) is 16.0 Å². The lowest BCUT2D eigenvalue weighted by molar-refractivity contribution is -0.140. The SMILES string of the molecule is C=C(N)c1nccc(OC)c1CCOC(C)=O. The van der Waals surface area contributed by atoms with E-state index >= 15 is 0 Å². The maximum Gasteiger partial charge on any atom is 0.302 e. The van der Waals surface area contributed by atoms with Crippen molar-refractivity contribution < 1.29 is 14.3 Å². The van der Waals surface area contributed by atoms with Crippen LogP contribution in [0.1, 0.15) is 18.2 Å². The molecule has 0 spiro atoms. The fourth-order valence-electron chi connectivity index (χ4n) is 1.48. The lowest BCUT2D eigenvalue weighted by Gasteiger charge is -2.12. The number of carbonyl (C=O) groups excluding carboxylic acids is 1. The van der Waals surface area contributed by atoms with Gasteiger partial charge in [-0.15, -0.1) is 0 Å². The lowest BCUT2D eigenvalue weighted by atomic mass is 10.1. The highest BCUT2D eigenvalue weighted by atomic mass is 16.5. The van der Waals surface area contributed by atoms with Gasteiger partial charge in [0.1, 0.15) is 5.75 Å². The third-order valence-electron chi connectivity index (χ3n) is 2.19. The molecular weight excluding hydrogens is 220 g/mol. The van der Waals surface area contributed by atoms with E-state index in [4.69, 9.17) is 15.2 Å². The quantitative estimate of drug-likeness (QED) is 0.775. The van der Waals surface area contributed by atoms with Crippen LogP contribution in [0.15, 0.2) is 18.8 Å². The normalized spacial score (nSPS) is 9.76. The first kappa shape index (κ1) is 13.0. The van der Waals surface area contributed by atoms with Crippen LogP contribution in [-0.4, -0.2) is 24.7 Å². The molecule has 1 rings (SSSR count). The first-order valence-electron chi connectivity index (χ1n) is 5.16. The molecule has 1 aromatic heterocycles. The molecule has 0 radical (unpaired) electrons. The fraction of sp³-hybridized carbons (Fsp3) is 0.333. The number of aromatic nitrogens is 1. The first-order valence-corrected chi connectivity index (χ1v) is 5.16. The molecule has 5 nitrogen and oxygen atoms in total. The van der Waals surface area contributed by atoms with Crippen LogP contribution in [0.3, 0.4) is 0 Å². The number of nitrogens with two attached hydrogens (primary N) is 1. The van der Waals surface area contributed by atoms with E-state index in [0.29, 0.717) is 23.6 Å². The van der Waals surface area contributed by atoms with Crippen LogP contribution in [0.5, 0.6) is 5.75 Å². The number of rotatable bonds is 5. The standard InChI is InChI=1S/C12H16N2O3/c1-8(13)12-10(5-7-17-9(2)15)11(16-3)4-6-14-12/h4,6H,1,5,7,13H2,2-3H3. The second-order valence-corrected chi connectivity index (χ2v) is 3.46. The molecule has 1 heterocycles. The van der Waals surface area contributed by atoms with Crippen molar-refractivity contribution in [2.24, 2.45) is 5.73 Å². The Morgan fingerprint density at radius 2 is 2.29 bits per heavy atom. The van der Waals surface area contributed by atoms with Gasteiger partial charge in [0.2, 0.25) is 0 Å². The number of methoxy groups -OCH3 is 1. The van der Waals surface area contributed by atoms with Gasteiger partial charge in [-0.05, 0) is 6.07 Å². The average molecular weight is 236 g/mol. The molecule has 0 atom stereocenters. The van der Waals surface area contributed by atoms with Crippen molar-refractivity contribution in [3.63, 3.8) is 0 Å². The zero-order valence-corrected chi connectivity index (χ0v) is 10.0. The van der Waals surface area contributed by atoms with E-state index in [1.54, 1.807) is 19.4 Å². The minimum absolute atomic E-state index is 0.262. The van der Waals surface area contributed by atoms with Crippen LogP contribution in [0.25, 0.3) is 5.70 Å².